The van der Waals surface area contributed by atoms with Crippen LogP contribution in [-0.4, -0.2) is 59.6 Å². The molecular formula is C11H19ClN6. The first-order chi connectivity index (χ1) is 8.72. The van der Waals surface area contributed by atoms with Crippen LogP contribution in [-0.2, 0) is 0 Å². The Hall–Kier alpha value is -1.14. The molecule has 1 aliphatic heterocycles. The summed E-state index contributed by atoms with van der Waals surface area (Å²) in [5, 5.41) is 3.13. The van der Waals surface area contributed by atoms with Gasteiger partial charge in [-0.1, -0.05) is 6.92 Å². The molecule has 1 aromatic heterocycles. The summed E-state index contributed by atoms with van der Waals surface area (Å²) in [6, 6.07) is 0. The smallest absolute Gasteiger partial charge is 0.231 e. The Bertz CT molecular complexity index is 391. The van der Waals surface area contributed by atoms with E-state index in [2.05, 4.69) is 37.0 Å². The minimum atomic E-state index is 0.236. The molecule has 7 heteroatoms. The highest BCUT2D eigenvalue weighted by molar-refractivity contribution is 6.28. The van der Waals surface area contributed by atoms with Gasteiger partial charge in [0.1, 0.15) is 0 Å². The summed E-state index contributed by atoms with van der Waals surface area (Å²) in [5.74, 6) is 1.18. The highest BCUT2D eigenvalue weighted by Gasteiger charge is 2.19. The molecular weight excluding hydrogens is 252 g/mol. The van der Waals surface area contributed by atoms with E-state index in [4.69, 9.17) is 11.6 Å². The van der Waals surface area contributed by atoms with Gasteiger partial charge < -0.3 is 10.2 Å². The zero-order valence-corrected chi connectivity index (χ0v) is 11.6. The van der Waals surface area contributed by atoms with E-state index in [1.807, 2.05) is 0 Å². The normalized spacial score (nSPS) is 16.9. The number of nitrogens with zero attached hydrogens (tertiary/aromatic N) is 5. The van der Waals surface area contributed by atoms with Gasteiger partial charge in [-0.2, -0.15) is 15.0 Å². The Balaban J connectivity index is 2.02. The van der Waals surface area contributed by atoms with Crippen molar-refractivity contribution in [3.63, 3.8) is 0 Å². The first kappa shape index (κ1) is 13.3. The number of halogens is 1. The molecule has 0 aliphatic carbocycles. The predicted molar refractivity (Wildman–Crippen MR) is 73.3 cm³/mol. The Kier molecular flexibility index (Phi) is 4.54. The Morgan fingerprint density at radius 2 is 1.89 bits per heavy atom. The number of hydrogen-bond donors (Lipinski definition) is 1. The lowest BCUT2D eigenvalue weighted by Gasteiger charge is -2.34. The van der Waals surface area contributed by atoms with Crippen LogP contribution in [0.2, 0.25) is 5.28 Å². The maximum Gasteiger partial charge on any atom is 0.231 e. The van der Waals surface area contributed by atoms with Crippen LogP contribution in [0.4, 0.5) is 11.9 Å². The fourth-order valence-corrected chi connectivity index (χ4v) is 2.24. The minimum absolute atomic E-state index is 0.236. The van der Waals surface area contributed by atoms with Gasteiger partial charge in [0.2, 0.25) is 17.2 Å². The van der Waals surface area contributed by atoms with Gasteiger partial charge in [0, 0.05) is 33.2 Å². The molecule has 0 spiro atoms. The lowest BCUT2D eigenvalue weighted by Crippen LogP contribution is -2.47. The van der Waals surface area contributed by atoms with E-state index in [0.717, 1.165) is 32.7 Å². The van der Waals surface area contributed by atoms with E-state index in [9.17, 15) is 0 Å². The van der Waals surface area contributed by atoms with Crippen LogP contribution in [0.25, 0.3) is 0 Å². The van der Waals surface area contributed by atoms with Crippen molar-refractivity contribution in [3.8, 4) is 0 Å². The van der Waals surface area contributed by atoms with Crippen LogP contribution >= 0.6 is 11.6 Å². The van der Waals surface area contributed by atoms with Crippen LogP contribution in [0.15, 0.2) is 0 Å². The van der Waals surface area contributed by atoms with Gasteiger partial charge in [0.15, 0.2) is 0 Å². The van der Waals surface area contributed by atoms with Crippen LogP contribution < -0.4 is 10.2 Å². The second kappa shape index (κ2) is 6.15. The third-order valence-electron chi connectivity index (χ3n) is 3.01. The molecule has 100 valence electrons. The monoisotopic (exact) mass is 270 g/mol. The lowest BCUT2D eigenvalue weighted by molar-refractivity contribution is 0.257. The van der Waals surface area contributed by atoms with E-state index in [0.29, 0.717) is 11.9 Å². The molecule has 0 aromatic carbocycles. The maximum absolute atomic E-state index is 5.89. The molecule has 1 aliphatic rings. The SMILES string of the molecule is CCCN1CCN(c2nc(Cl)nc(NC)n2)CC1. The van der Waals surface area contributed by atoms with Crippen molar-refractivity contribution in [1.29, 1.82) is 0 Å². The van der Waals surface area contributed by atoms with Crippen molar-refractivity contribution < 1.29 is 0 Å². The summed E-state index contributed by atoms with van der Waals surface area (Å²) in [5.41, 5.74) is 0. The van der Waals surface area contributed by atoms with Crippen LogP contribution in [0, 0.1) is 0 Å². The average molecular weight is 271 g/mol. The Morgan fingerprint density at radius 1 is 1.17 bits per heavy atom. The molecule has 1 aromatic rings. The van der Waals surface area contributed by atoms with Gasteiger partial charge in [0.05, 0.1) is 0 Å². The number of anilines is 2. The van der Waals surface area contributed by atoms with Crippen LogP contribution in [0.5, 0.6) is 0 Å². The minimum Gasteiger partial charge on any atom is -0.357 e. The molecule has 0 unspecified atom stereocenters. The number of nitrogens with one attached hydrogen (secondary N) is 1. The van der Waals surface area contributed by atoms with E-state index >= 15 is 0 Å². The highest BCUT2D eigenvalue weighted by Crippen LogP contribution is 2.15. The molecule has 0 bridgehead atoms. The summed E-state index contributed by atoms with van der Waals surface area (Å²) in [7, 11) is 1.77. The zero-order valence-electron chi connectivity index (χ0n) is 10.9. The largest absolute Gasteiger partial charge is 0.357 e. The first-order valence-electron chi connectivity index (χ1n) is 6.29. The first-order valence-corrected chi connectivity index (χ1v) is 6.67. The van der Waals surface area contributed by atoms with Crippen molar-refractivity contribution in [2.75, 3.05) is 50.0 Å². The molecule has 1 N–H and O–H groups in total. The average Bonchev–Trinajstić information content (AvgIpc) is 2.39. The fourth-order valence-electron chi connectivity index (χ4n) is 2.08. The fraction of sp³-hybridized carbons (Fsp3) is 0.727. The van der Waals surface area contributed by atoms with Crippen molar-refractivity contribution in [2.24, 2.45) is 0 Å². The quantitative estimate of drug-likeness (QED) is 0.884. The summed E-state index contributed by atoms with van der Waals surface area (Å²) in [4.78, 5) is 17.1. The van der Waals surface area contributed by atoms with Gasteiger partial charge >= 0.3 is 0 Å². The van der Waals surface area contributed by atoms with Crippen molar-refractivity contribution >= 4 is 23.5 Å². The van der Waals surface area contributed by atoms with E-state index < -0.39 is 0 Å². The number of hydrogen-bond acceptors (Lipinski definition) is 6. The standard InChI is InChI=1S/C11H19ClN6/c1-3-4-17-5-7-18(8-6-17)11-15-9(12)14-10(13-2)16-11/h3-8H2,1-2H3,(H,13,14,15,16). The maximum atomic E-state index is 5.89. The molecule has 1 fully saturated rings. The van der Waals surface area contributed by atoms with Gasteiger partial charge in [-0.15, -0.1) is 0 Å². The second-order valence-electron chi connectivity index (χ2n) is 4.31. The summed E-state index contributed by atoms with van der Waals surface area (Å²) < 4.78 is 0. The summed E-state index contributed by atoms with van der Waals surface area (Å²) in [6.45, 7) is 7.33. The van der Waals surface area contributed by atoms with E-state index in [1.165, 1.54) is 6.42 Å². The molecule has 0 radical (unpaired) electrons. The molecule has 2 heterocycles. The number of piperazine rings is 1. The highest BCUT2D eigenvalue weighted by atomic mass is 35.5. The molecule has 0 amide bonds. The van der Waals surface area contributed by atoms with Gasteiger partial charge in [-0.25, -0.2) is 0 Å². The third-order valence-corrected chi connectivity index (χ3v) is 3.18. The topological polar surface area (TPSA) is 57.2 Å². The molecule has 18 heavy (non-hydrogen) atoms. The zero-order chi connectivity index (χ0) is 13.0. The molecule has 0 saturated carbocycles. The van der Waals surface area contributed by atoms with Gasteiger partial charge in [-0.3, -0.25) is 4.90 Å². The van der Waals surface area contributed by atoms with Gasteiger partial charge in [0.25, 0.3) is 0 Å². The summed E-state index contributed by atoms with van der Waals surface area (Å²) in [6.07, 6.45) is 1.20. The van der Waals surface area contributed by atoms with Crippen molar-refractivity contribution in [3.05, 3.63) is 5.28 Å². The molecule has 1 saturated heterocycles. The van der Waals surface area contributed by atoms with E-state index in [1.54, 1.807) is 7.05 Å². The van der Waals surface area contributed by atoms with Crippen molar-refractivity contribution in [2.45, 2.75) is 13.3 Å². The van der Waals surface area contributed by atoms with E-state index in [-0.39, 0.29) is 5.28 Å². The molecule has 0 atom stereocenters. The van der Waals surface area contributed by atoms with Crippen LogP contribution in [0.1, 0.15) is 13.3 Å². The van der Waals surface area contributed by atoms with Crippen molar-refractivity contribution in [1.82, 2.24) is 19.9 Å². The third kappa shape index (κ3) is 3.20. The number of rotatable bonds is 4. The lowest BCUT2D eigenvalue weighted by atomic mass is 10.3. The Labute approximate surface area is 112 Å². The predicted octanol–water partition coefficient (Wildman–Crippen LogP) is 1.10. The second-order valence-corrected chi connectivity index (χ2v) is 4.64. The number of aromatic nitrogens is 3. The summed E-state index contributed by atoms with van der Waals surface area (Å²) >= 11 is 5.89. The Morgan fingerprint density at radius 3 is 2.50 bits per heavy atom. The molecule has 6 nitrogen and oxygen atoms in total. The molecule has 2 rings (SSSR count). The van der Waals surface area contributed by atoms with Gasteiger partial charge in [-0.05, 0) is 24.6 Å². The van der Waals surface area contributed by atoms with Crippen LogP contribution in [0.3, 0.4) is 0 Å².